The molecule has 1 aromatic rings. The second-order valence-electron chi connectivity index (χ2n) is 5.10. The quantitative estimate of drug-likeness (QED) is 0.762. The molecule has 0 radical (unpaired) electrons. The lowest BCUT2D eigenvalue weighted by atomic mass is 9.75. The molecule has 1 saturated carbocycles. The lowest BCUT2D eigenvalue weighted by Crippen LogP contribution is -2.39. The summed E-state index contributed by atoms with van der Waals surface area (Å²) < 4.78 is 0. The summed E-state index contributed by atoms with van der Waals surface area (Å²) in [5.41, 5.74) is 9.70. The molecule has 0 amide bonds. The molecule has 2 nitrogen and oxygen atoms in total. The van der Waals surface area contributed by atoms with E-state index in [4.69, 9.17) is 5.73 Å². The zero-order valence-electron chi connectivity index (χ0n) is 10.2. The molecule has 0 aromatic heterocycles. The van der Waals surface area contributed by atoms with Crippen LogP contribution in [0.5, 0.6) is 5.75 Å². The molecule has 1 aliphatic carbocycles. The van der Waals surface area contributed by atoms with Gasteiger partial charge in [-0.1, -0.05) is 25.3 Å². The first-order valence-electron chi connectivity index (χ1n) is 6.13. The zero-order valence-corrected chi connectivity index (χ0v) is 10.2. The molecule has 0 saturated heterocycles. The maximum Gasteiger partial charge on any atom is 0.118 e. The van der Waals surface area contributed by atoms with Crippen LogP contribution in [0.4, 0.5) is 0 Å². The van der Waals surface area contributed by atoms with Gasteiger partial charge in [0, 0.05) is 5.54 Å². The molecule has 1 fully saturated rings. The molecule has 0 unspecified atom stereocenters. The van der Waals surface area contributed by atoms with Gasteiger partial charge in [0.1, 0.15) is 5.75 Å². The number of phenolic OH excluding ortho intramolecular Hbond substituents is 1. The van der Waals surface area contributed by atoms with E-state index in [0.717, 1.165) is 24.0 Å². The van der Waals surface area contributed by atoms with E-state index >= 15 is 0 Å². The summed E-state index contributed by atoms with van der Waals surface area (Å²) in [6.07, 6.45) is 5.87. The molecule has 2 rings (SSSR count). The average molecular weight is 219 g/mol. The number of benzene rings is 1. The molecule has 0 bridgehead atoms. The van der Waals surface area contributed by atoms with Crippen LogP contribution in [0.3, 0.4) is 0 Å². The molecule has 0 heterocycles. The Morgan fingerprint density at radius 2 is 1.69 bits per heavy atom. The predicted molar refractivity (Wildman–Crippen MR) is 66.5 cm³/mol. The Balaban J connectivity index is 2.43. The van der Waals surface area contributed by atoms with Gasteiger partial charge in [0.15, 0.2) is 0 Å². The number of nitrogens with two attached hydrogens (primary N) is 1. The highest BCUT2D eigenvalue weighted by molar-refractivity contribution is 5.45. The van der Waals surface area contributed by atoms with E-state index in [1.807, 2.05) is 13.0 Å². The van der Waals surface area contributed by atoms with Crippen molar-refractivity contribution in [2.45, 2.75) is 51.5 Å². The van der Waals surface area contributed by atoms with Gasteiger partial charge in [-0.25, -0.2) is 0 Å². The maximum absolute atomic E-state index is 9.67. The first kappa shape index (κ1) is 11.5. The third-order valence-electron chi connectivity index (χ3n) is 4.04. The number of phenols is 1. The van der Waals surface area contributed by atoms with Crippen molar-refractivity contribution < 1.29 is 5.11 Å². The van der Waals surface area contributed by atoms with E-state index in [9.17, 15) is 5.11 Å². The zero-order chi connectivity index (χ0) is 11.8. The molecule has 0 atom stereocenters. The predicted octanol–water partition coefficient (Wildman–Crippen LogP) is 3.13. The van der Waals surface area contributed by atoms with Gasteiger partial charge in [-0.3, -0.25) is 0 Å². The fraction of sp³-hybridized carbons (Fsp3) is 0.571. The highest BCUT2D eigenvalue weighted by Gasteiger charge is 2.31. The summed E-state index contributed by atoms with van der Waals surface area (Å²) in [7, 11) is 0. The van der Waals surface area contributed by atoms with E-state index in [0.29, 0.717) is 5.75 Å². The Morgan fingerprint density at radius 1 is 1.06 bits per heavy atom. The first-order valence-corrected chi connectivity index (χ1v) is 6.13. The minimum atomic E-state index is -0.166. The Labute approximate surface area is 97.5 Å². The number of aromatic hydroxyl groups is 1. The van der Waals surface area contributed by atoms with Crippen molar-refractivity contribution in [1.82, 2.24) is 0 Å². The SMILES string of the molecule is Cc1c(O)ccc(C2(N)CCCCC2)c1C. The molecule has 1 aliphatic rings. The van der Waals surface area contributed by atoms with Crippen molar-refractivity contribution in [3.05, 3.63) is 28.8 Å². The van der Waals surface area contributed by atoms with Gasteiger partial charge in [0.2, 0.25) is 0 Å². The fourth-order valence-electron chi connectivity index (χ4n) is 2.80. The minimum absolute atomic E-state index is 0.166. The van der Waals surface area contributed by atoms with Gasteiger partial charge in [-0.2, -0.15) is 0 Å². The average Bonchev–Trinajstić information content (AvgIpc) is 2.27. The largest absolute Gasteiger partial charge is 0.508 e. The monoisotopic (exact) mass is 219 g/mol. The van der Waals surface area contributed by atoms with Gasteiger partial charge in [-0.05, 0) is 49.4 Å². The number of rotatable bonds is 1. The van der Waals surface area contributed by atoms with Crippen molar-refractivity contribution in [3.8, 4) is 5.75 Å². The lowest BCUT2D eigenvalue weighted by Gasteiger charge is -2.35. The summed E-state index contributed by atoms with van der Waals surface area (Å²) in [6, 6.07) is 3.78. The minimum Gasteiger partial charge on any atom is -0.508 e. The normalized spacial score (nSPS) is 19.7. The standard InChI is InChI=1S/C14H21NO/c1-10-11(2)13(16)7-6-12(10)14(15)8-4-3-5-9-14/h6-7,16H,3-5,8-9,15H2,1-2H3. The van der Waals surface area contributed by atoms with Crippen molar-refractivity contribution in [3.63, 3.8) is 0 Å². The number of hydrogen-bond acceptors (Lipinski definition) is 2. The Bertz CT molecular complexity index is 392. The maximum atomic E-state index is 9.67. The molecule has 16 heavy (non-hydrogen) atoms. The van der Waals surface area contributed by atoms with Crippen LogP contribution >= 0.6 is 0 Å². The highest BCUT2D eigenvalue weighted by Crippen LogP contribution is 2.38. The lowest BCUT2D eigenvalue weighted by molar-refractivity contribution is 0.300. The van der Waals surface area contributed by atoms with E-state index < -0.39 is 0 Å². The molecular formula is C14H21NO. The highest BCUT2D eigenvalue weighted by atomic mass is 16.3. The van der Waals surface area contributed by atoms with Gasteiger partial charge in [-0.15, -0.1) is 0 Å². The second-order valence-corrected chi connectivity index (χ2v) is 5.10. The van der Waals surface area contributed by atoms with E-state index in [2.05, 4.69) is 6.92 Å². The molecule has 0 aliphatic heterocycles. The van der Waals surface area contributed by atoms with Crippen LogP contribution in [0.15, 0.2) is 12.1 Å². The third-order valence-corrected chi connectivity index (χ3v) is 4.04. The molecule has 0 spiro atoms. The van der Waals surface area contributed by atoms with Crippen molar-refractivity contribution in [2.24, 2.45) is 5.73 Å². The molecule has 88 valence electrons. The topological polar surface area (TPSA) is 46.2 Å². The van der Waals surface area contributed by atoms with Gasteiger partial charge in [0.25, 0.3) is 0 Å². The molecule has 2 heteroatoms. The van der Waals surface area contributed by atoms with Gasteiger partial charge < -0.3 is 10.8 Å². The summed E-state index contributed by atoms with van der Waals surface area (Å²) in [6.45, 7) is 4.02. The smallest absolute Gasteiger partial charge is 0.118 e. The van der Waals surface area contributed by atoms with Crippen LogP contribution < -0.4 is 5.73 Å². The Kier molecular flexibility index (Phi) is 2.94. The van der Waals surface area contributed by atoms with Crippen LogP contribution in [-0.2, 0) is 5.54 Å². The Hall–Kier alpha value is -1.02. The molecule has 3 N–H and O–H groups in total. The van der Waals surface area contributed by atoms with Gasteiger partial charge >= 0.3 is 0 Å². The second kappa shape index (κ2) is 4.10. The van der Waals surface area contributed by atoms with Crippen molar-refractivity contribution in [2.75, 3.05) is 0 Å². The number of hydrogen-bond donors (Lipinski definition) is 2. The van der Waals surface area contributed by atoms with Gasteiger partial charge in [0.05, 0.1) is 0 Å². The fourth-order valence-corrected chi connectivity index (χ4v) is 2.80. The Morgan fingerprint density at radius 3 is 2.31 bits per heavy atom. The molecule has 1 aromatic carbocycles. The van der Waals surface area contributed by atoms with E-state index in [1.54, 1.807) is 6.07 Å². The van der Waals surface area contributed by atoms with Crippen LogP contribution in [0.2, 0.25) is 0 Å². The van der Waals surface area contributed by atoms with E-state index in [-0.39, 0.29) is 5.54 Å². The summed E-state index contributed by atoms with van der Waals surface area (Å²) >= 11 is 0. The van der Waals surface area contributed by atoms with Crippen LogP contribution in [0.25, 0.3) is 0 Å². The third kappa shape index (κ3) is 1.82. The summed E-state index contributed by atoms with van der Waals surface area (Å²) in [5, 5.41) is 9.67. The van der Waals surface area contributed by atoms with Crippen LogP contribution in [-0.4, -0.2) is 5.11 Å². The summed E-state index contributed by atoms with van der Waals surface area (Å²) in [4.78, 5) is 0. The van der Waals surface area contributed by atoms with Crippen molar-refractivity contribution in [1.29, 1.82) is 0 Å². The summed E-state index contributed by atoms with van der Waals surface area (Å²) in [5.74, 6) is 0.376. The van der Waals surface area contributed by atoms with Crippen molar-refractivity contribution >= 4 is 0 Å². The van der Waals surface area contributed by atoms with Crippen LogP contribution in [0.1, 0.15) is 48.8 Å². The van der Waals surface area contributed by atoms with Crippen LogP contribution in [0, 0.1) is 13.8 Å². The van der Waals surface area contributed by atoms with E-state index in [1.165, 1.54) is 24.8 Å². The first-order chi connectivity index (χ1) is 7.54. The molecular weight excluding hydrogens is 198 g/mol.